The van der Waals surface area contributed by atoms with Gasteiger partial charge in [0.25, 0.3) is 0 Å². The van der Waals surface area contributed by atoms with Crippen LogP contribution in [0.3, 0.4) is 0 Å². The Balaban J connectivity index is 2.24. The van der Waals surface area contributed by atoms with Gasteiger partial charge in [-0.1, -0.05) is 19.9 Å². The number of benzene rings is 1. The molecular weight excluding hydrogens is 226 g/mol. The second kappa shape index (κ2) is 6.10. The Labute approximate surface area is 110 Å². The zero-order valence-electron chi connectivity index (χ0n) is 11.6. The molecule has 100 valence electrons. The van der Waals surface area contributed by atoms with Gasteiger partial charge in [-0.25, -0.2) is 0 Å². The highest BCUT2D eigenvalue weighted by Crippen LogP contribution is 2.31. The minimum atomic E-state index is 0.491. The Morgan fingerprint density at radius 2 is 2.00 bits per heavy atom. The molecule has 0 amide bonds. The first-order valence-corrected chi connectivity index (χ1v) is 6.81. The molecule has 1 saturated heterocycles. The number of hydrogen-bond donors (Lipinski definition) is 0. The summed E-state index contributed by atoms with van der Waals surface area (Å²) in [5, 5.41) is 0. The van der Waals surface area contributed by atoms with Gasteiger partial charge in [0.1, 0.15) is 5.75 Å². The third kappa shape index (κ3) is 2.96. The maximum absolute atomic E-state index is 5.77. The summed E-state index contributed by atoms with van der Waals surface area (Å²) in [5.74, 6) is 1.52. The van der Waals surface area contributed by atoms with E-state index in [0.29, 0.717) is 12.5 Å². The fourth-order valence-electron chi connectivity index (χ4n) is 2.30. The van der Waals surface area contributed by atoms with Gasteiger partial charge < -0.3 is 14.4 Å². The molecule has 1 aromatic rings. The second-order valence-corrected chi connectivity index (χ2v) is 4.91. The molecule has 1 aromatic carbocycles. The van der Waals surface area contributed by atoms with Crippen LogP contribution >= 0.6 is 0 Å². The maximum Gasteiger partial charge on any atom is 0.124 e. The van der Waals surface area contributed by atoms with E-state index in [0.717, 1.165) is 32.1 Å². The van der Waals surface area contributed by atoms with Crippen LogP contribution in [0.5, 0.6) is 5.75 Å². The average Bonchev–Trinajstić information content (AvgIpc) is 2.40. The predicted molar refractivity (Wildman–Crippen MR) is 74.7 cm³/mol. The van der Waals surface area contributed by atoms with Crippen LogP contribution in [0.4, 0.5) is 5.69 Å². The lowest BCUT2D eigenvalue weighted by Gasteiger charge is -2.29. The van der Waals surface area contributed by atoms with Gasteiger partial charge in [-0.05, 0) is 24.5 Å². The Kier molecular flexibility index (Phi) is 4.48. The molecule has 0 unspecified atom stereocenters. The molecule has 1 heterocycles. The van der Waals surface area contributed by atoms with Crippen LogP contribution in [0.15, 0.2) is 18.2 Å². The molecule has 0 atom stereocenters. The highest BCUT2D eigenvalue weighted by Gasteiger charge is 2.14. The van der Waals surface area contributed by atoms with Crippen LogP contribution in [-0.4, -0.2) is 32.9 Å². The zero-order valence-corrected chi connectivity index (χ0v) is 11.6. The van der Waals surface area contributed by atoms with Crippen LogP contribution in [0, 0.1) is 0 Å². The minimum Gasteiger partial charge on any atom is -0.494 e. The summed E-state index contributed by atoms with van der Waals surface area (Å²) in [6.45, 7) is 10.7. The molecule has 2 rings (SSSR count). The largest absolute Gasteiger partial charge is 0.494 e. The van der Waals surface area contributed by atoms with Crippen molar-refractivity contribution in [3.8, 4) is 5.75 Å². The summed E-state index contributed by atoms with van der Waals surface area (Å²) in [7, 11) is 0. The normalized spacial score (nSPS) is 16.1. The van der Waals surface area contributed by atoms with Crippen molar-refractivity contribution in [2.24, 2.45) is 0 Å². The molecule has 0 spiro atoms. The van der Waals surface area contributed by atoms with E-state index in [-0.39, 0.29) is 0 Å². The molecule has 1 aliphatic rings. The molecule has 0 saturated carbocycles. The molecule has 0 aromatic heterocycles. The summed E-state index contributed by atoms with van der Waals surface area (Å²) in [6, 6.07) is 6.56. The van der Waals surface area contributed by atoms with E-state index in [2.05, 4.69) is 36.9 Å². The lowest BCUT2D eigenvalue weighted by molar-refractivity contribution is 0.122. The smallest absolute Gasteiger partial charge is 0.124 e. The number of nitrogens with zero attached hydrogens (tertiary/aromatic N) is 1. The quantitative estimate of drug-likeness (QED) is 0.818. The SMILES string of the molecule is CCOc1cc(N2CCOCC2)ccc1C(C)C. The van der Waals surface area contributed by atoms with Crippen molar-refractivity contribution in [1.82, 2.24) is 0 Å². The Morgan fingerprint density at radius 1 is 1.28 bits per heavy atom. The number of anilines is 1. The van der Waals surface area contributed by atoms with Gasteiger partial charge in [0, 0.05) is 24.8 Å². The van der Waals surface area contributed by atoms with Crippen LogP contribution < -0.4 is 9.64 Å². The van der Waals surface area contributed by atoms with E-state index in [1.807, 2.05) is 6.92 Å². The van der Waals surface area contributed by atoms with Gasteiger partial charge in [0.15, 0.2) is 0 Å². The first-order chi connectivity index (χ1) is 8.72. The summed E-state index contributed by atoms with van der Waals surface area (Å²) in [5.41, 5.74) is 2.53. The first kappa shape index (κ1) is 13.2. The molecule has 3 nitrogen and oxygen atoms in total. The molecule has 0 aliphatic carbocycles. The van der Waals surface area contributed by atoms with Crippen molar-refractivity contribution in [2.45, 2.75) is 26.7 Å². The van der Waals surface area contributed by atoms with E-state index in [1.54, 1.807) is 0 Å². The molecule has 18 heavy (non-hydrogen) atoms. The fraction of sp³-hybridized carbons (Fsp3) is 0.600. The van der Waals surface area contributed by atoms with Crippen LogP contribution in [0.2, 0.25) is 0 Å². The Bertz CT molecular complexity index is 384. The van der Waals surface area contributed by atoms with E-state index in [4.69, 9.17) is 9.47 Å². The fourth-order valence-corrected chi connectivity index (χ4v) is 2.30. The predicted octanol–water partition coefficient (Wildman–Crippen LogP) is 3.05. The Morgan fingerprint density at radius 3 is 2.61 bits per heavy atom. The van der Waals surface area contributed by atoms with E-state index in [1.165, 1.54) is 11.3 Å². The van der Waals surface area contributed by atoms with Gasteiger partial charge in [-0.3, -0.25) is 0 Å². The monoisotopic (exact) mass is 249 g/mol. The van der Waals surface area contributed by atoms with Crippen LogP contribution in [-0.2, 0) is 4.74 Å². The van der Waals surface area contributed by atoms with Gasteiger partial charge in [0.2, 0.25) is 0 Å². The summed E-state index contributed by atoms with van der Waals surface area (Å²) in [6.07, 6.45) is 0. The topological polar surface area (TPSA) is 21.7 Å². The highest BCUT2D eigenvalue weighted by atomic mass is 16.5. The van der Waals surface area contributed by atoms with Crippen LogP contribution in [0.25, 0.3) is 0 Å². The van der Waals surface area contributed by atoms with Gasteiger partial charge in [0.05, 0.1) is 19.8 Å². The Hall–Kier alpha value is -1.22. The molecular formula is C15H23NO2. The van der Waals surface area contributed by atoms with Gasteiger partial charge >= 0.3 is 0 Å². The van der Waals surface area contributed by atoms with E-state index in [9.17, 15) is 0 Å². The van der Waals surface area contributed by atoms with Gasteiger partial charge in [-0.15, -0.1) is 0 Å². The first-order valence-electron chi connectivity index (χ1n) is 6.81. The maximum atomic E-state index is 5.77. The van der Waals surface area contributed by atoms with E-state index >= 15 is 0 Å². The van der Waals surface area contributed by atoms with Crippen molar-refractivity contribution in [3.63, 3.8) is 0 Å². The third-order valence-corrected chi connectivity index (χ3v) is 3.30. The molecule has 0 bridgehead atoms. The second-order valence-electron chi connectivity index (χ2n) is 4.91. The lowest BCUT2D eigenvalue weighted by Crippen LogP contribution is -2.36. The van der Waals surface area contributed by atoms with Crippen LogP contribution in [0.1, 0.15) is 32.3 Å². The van der Waals surface area contributed by atoms with Crippen molar-refractivity contribution in [2.75, 3.05) is 37.8 Å². The van der Waals surface area contributed by atoms with Gasteiger partial charge in [-0.2, -0.15) is 0 Å². The van der Waals surface area contributed by atoms with Crippen molar-refractivity contribution in [3.05, 3.63) is 23.8 Å². The number of rotatable bonds is 4. The van der Waals surface area contributed by atoms with E-state index < -0.39 is 0 Å². The van der Waals surface area contributed by atoms with Crippen molar-refractivity contribution >= 4 is 5.69 Å². The van der Waals surface area contributed by atoms with Crippen molar-refractivity contribution in [1.29, 1.82) is 0 Å². The summed E-state index contributed by atoms with van der Waals surface area (Å²) < 4.78 is 11.2. The minimum absolute atomic E-state index is 0.491. The number of morpholine rings is 1. The molecule has 0 N–H and O–H groups in total. The molecule has 3 heteroatoms. The summed E-state index contributed by atoms with van der Waals surface area (Å²) >= 11 is 0. The average molecular weight is 249 g/mol. The molecule has 0 radical (unpaired) electrons. The summed E-state index contributed by atoms with van der Waals surface area (Å²) in [4.78, 5) is 2.36. The molecule has 1 aliphatic heterocycles. The standard InChI is InChI=1S/C15H23NO2/c1-4-18-15-11-13(5-6-14(15)12(2)3)16-7-9-17-10-8-16/h5-6,11-12H,4,7-10H2,1-3H3. The number of hydrogen-bond acceptors (Lipinski definition) is 3. The zero-order chi connectivity index (χ0) is 13.0. The number of ether oxygens (including phenoxy) is 2. The van der Waals surface area contributed by atoms with Crippen molar-refractivity contribution < 1.29 is 9.47 Å². The molecule has 1 fully saturated rings. The lowest BCUT2D eigenvalue weighted by atomic mass is 10.0. The third-order valence-electron chi connectivity index (χ3n) is 3.30. The highest BCUT2D eigenvalue weighted by molar-refractivity contribution is 5.54.